The molecule has 5 nitrogen and oxygen atoms in total. The number of aromatic hydroxyl groups is 1. The van der Waals surface area contributed by atoms with Gasteiger partial charge in [-0.15, -0.1) is 0 Å². The minimum atomic E-state index is -0.338. The van der Waals surface area contributed by atoms with Gasteiger partial charge in [-0.25, -0.2) is 0 Å². The second-order valence-electron chi connectivity index (χ2n) is 3.97. The van der Waals surface area contributed by atoms with Crippen LogP contribution in [0.25, 0.3) is 11.4 Å². The molecule has 92 valence electrons. The molecule has 0 fully saturated rings. The van der Waals surface area contributed by atoms with Gasteiger partial charge in [0.05, 0.1) is 6.61 Å². The third kappa shape index (κ3) is 1.86. The molecule has 1 aromatic heterocycles. The van der Waals surface area contributed by atoms with Crippen molar-refractivity contribution in [3.8, 4) is 23.0 Å². The van der Waals surface area contributed by atoms with E-state index >= 15 is 0 Å². The molecule has 0 unspecified atom stereocenters. The van der Waals surface area contributed by atoms with Crippen molar-refractivity contribution in [2.24, 2.45) is 0 Å². The van der Waals surface area contributed by atoms with E-state index < -0.39 is 0 Å². The second kappa shape index (κ2) is 4.27. The van der Waals surface area contributed by atoms with Gasteiger partial charge in [-0.1, -0.05) is 0 Å². The summed E-state index contributed by atoms with van der Waals surface area (Å²) in [6, 6.07) is 5.59. The van der Waals surface area contributed by atoms with Gasteiger partial charge in [0.15, 0.2) is 0 Å². The molecule has 2 heterocycles. The van der Waals surface area contributed by atoms with Crippen LogP contribution in [0, 0.1) is 3.57 Å². The van der Waals surface area contributed by atoms with Gasteiger partial charge in [0.2, 0.25) is 5.88 Å². The average Bonchev–Trinajstić information content (AvgIpc) is 2.82. The molecule has 0 bridgehead atoms. The number of H-pyrrole nitrogens is 1. The average molecular weight is 356 g/mol. The van der Waals surface area contributed by atoms with Gasteiger partial charge in [0, 0.05) is 12.0 Å². The van der Waals surface area contributed by atoms with E-state index in [9.17, 15) is 9.90 Å². The first-order valence-corrected chi connectivity index (χ1v) is 6.48. The van der Waals surface area contributed by atoms with Gasteiger partial charge in [0.1, 0.15) is 15.1 Å². The van der Waals surface area contributed by atoms with E-state index in [1.165, 1.54) is 0 Å². The van der Waals surface area contributed by atoms with Crippen LogP contribution < -0.4 is 10.3 Å². The van der Waals surface area contributed by atoms with Gasteiger partial charge in [-0.3, -0.25) is 4.79 Å². The fraction of sp³-hybridized carbons (Fsp3) is 0.167. The Morgan fingerprint density at radius 3 is 3.06 bits per heavy atom. The van der Waals surface area contributed by atoms with Crippen LogP contribution in [-0.2, 0) is 6.42 Å². The van der Waals surface area contributed by atoms with Crippen LogP contribution in [0.4, 0.5) is 0 Å². The van der Waals surface area contributed by atoms with E-state index in [1.807, 2.05) is 18.2 Å². The smallest absolute Gasteiger partial charge is 0.268 e. The zero-order valence-corrected chi connectivity index (χ0v) is 11.4. The van der Waals surface area contributed by atoms with Gasteiger partial charge in [-0.2, -0.15) is 4.98 Å². The number of nitrogens with one attached hydrogen (secondary N) is 1. The fourth-order valence-corrected chi connectivity index (χ4v) is 2.17. The van der Waals surface area contributed by atoms with Crippen molar-refractivity contribution in [2.45, 2.75) is 6.42 Å². The van der Waals surface area contributed by atoms with Gasteiger partial charge >= 0.3 is 0 Å². The summed E-state index contributed by atoms with van der Waals surface area (Å²) >= 11 is 1.76. The Balaban J connectivity index is 2.13. The molecule has 1 aliphatic heterocycles. The molecule has 0 spiro atoms. The molecule has 1 aliphatic rings. The van der Waals surface area contributed by atoms with Gasteiger partial charge in [-0.05, 0) is 46.4 Å². The number of hydrogen-bond donors (Lipinski definition) is 2. The molecular formula is C12H9IN2O3. The highest BCUT2D eigenvalue weighted by Gasteiger charge is 2.15. The summed E-state index contributed by atoms with van der Waals surface area (Å²) in [5.41, 5.74) is 1.52. The highest BCUT2D eigenvalue weighted by molar-refractivity contribution is 14.1. The van der Waals surface area contributed by atoms with Gasteiger partial charge < -0.3 is 14.8 Å². The van der Waals surface area contributed by atoms with E-state index in [0.717, 1.165) is 23.3 Å². The van der Waals surface area contributed by atoms with E-state index in [0.29, 0.717) is 12.4 Å². The Bertz CT molecular complexity index is 682. The number of aromatic amines is 1. The van der Waals surface area contributed by atoms with Crippen molar-refractivity contribution >= 4 is 22.6 Å². The molecule has 3 rings (SSSR count). The molecule has 0 saturated carbocycles. The maximum Gasteiger partial charge on any atom is 0.268 e. The zero-order chi connectivity index (χ0) is 12.7. The molecule has 18 heavy (non-hydrogen) atoms. The van der Waals surface area contributed by atoms with Crippen LogP contribution in [0.5, 0.6) is 11.6 Å². The lowest BCUT2D eigenvalue weighted by atomic mass is 10.1. The van der Waals surface area contributed by atoms with E-state index in [1.54, 1.807) is 22.6 Å². The summed E-state index contributed by atoms with van der Waals surface area (Å²) in [6.07, 6.45) is 0.851. The van der Waals surface area contributed by atoms with E-state index in [4.69, 9.17) is 4.74 Å². The SMILES string of the molecule is O=c1[nH]c(-c2ccc3c(c2)CCO3)nc(O)c1I. The van der Waals surface area contributed by atoms with Crippen LogP contribution in [-0.4, -0.2) is 21.7 Å². The summed E-state index contributed by atoms with van der Waals surface area (Å²) in [6.45, 7) is 0.681. The Morgan fingerprint density at radius 1 is 1.44 bits per heavy atom. The van der Waals surface area contributed by atoms with Crippen LogP contribution in [0.1, 0.15) is 5.56 Å². The lowest BCUT2D eigenvalue weighted by Crippen LogP contribution is -2.12. The molecule has 0 amide bonds. The summed E-state index contributed by atoms with van der Waals surface area (Å²) in [5.74, 6) is 0.995. The number of halogens is 1. The fourth-order valence-electron chi connectivity index (χ4n) is 1.92. The Labute approximate surface area is 116 Å². The molecule has 0 saturated heterocycles. The van der Waals surface area contributed by atoms with Crippen molar-refractivity contribution in [3.63, 3.8) is 0 Å². The van der Waals surface area contributed by atoms with Crippen molar-refractivity contribution in [1.82, 2.24) is 9.97 Å². The lowest BCUT2D eigenvalue weighted by Gasteiger charge is -2.04. The predicted octanol–water partition coefficient (Wildman–Crippen LogP) is 1.68. The molecule has 0 radical (unpaired) electrons. The number of benzene rings is 1. The third-order valence-corrected chi connectivity index (χ3v) is 3.78. The number of hydrogen-bond acceptors (Lipinski definition) is 4. The number of ether oxygens (including phenoxy) is 1. The highest BCUT2D eigenvalue weighted by Crippen LogP contribution is 2.29. The lowest BCUT2D eigenvalue weighted by molar-refractivity contribution is 0.357. The third-order valence-electron chi connectivity index (χ3n) is 2.81. The van der Waals surface area contributed by atoms with Crippen LogP contribution in [0.15, 0.2) is 23.0 Å². The van der Waals surface area contributed by atoms with Crippen LogP contribution in [0.3, 0.4) is 0 Å². The molecular weight excluding hydrogens is 347 g/mol. The monoisotopic (exact) mass is 356 g/mol. The summed E-state index contributed by atoms with van der Waals surface area (Å²) in [7, 11) is 0. The van der Waals surface area contributed by atoms with E-state index in [-0.39, 0.29) is 15.0 Å². The maximum absolute atomic E-state index is 11.6. The Morgan fingerprint density at radius 2 is 2.28 bits per heavy atom. The van der Waals surface area contributed by atoms with Crippen molar-refractivity contribution in [3.05, 3.63) is 37.7 Å². The van der Waals surface area contributed by atoms with E-state index in [2.05, 4.69) is 9.97 Å². The van der Waals surface area contributed by atoms with Crippen molar-refractivity contribution in [2.75, 3.05) is 6.61 Å². The summed E-state index contributed by atoms with van der Waals surface area (Å²) < 4.78 is 5.61. The van der Waals surface area contributed by atoms with Crippen LogP contribution >= 0.6 is 22.6 Å². The molecule has 6 heteroatoms. The number of fused-ring (bicyclic) bond motifs is 1. The standard InChI is InChI=1S/C12H9IN2O3/c13-9-11(16)14-10(15-12(9)17)7-1-2-8-6(5-7)3-4-18-8/h1-2,5H,3-4H2,(H2,14,15,16,17). The summed E-state index contributed by atoms with van der Waals surface area (Å²) in [4.78, 5) is 18.2. The first-order chi connectivity index (χ1) is 8.65. The predicted molar refractivity (Wildman–Crippen MR) is 73.9 cm³/mol. The molecule has 2 N–H and O–H groups in total. The van der Waals surface area contributed by atoms with Crippen molar-refractivity contribution in [1.29, 1.82) is 0 Å². The second-order valence-corrected chi connectivity index (χ2v) is 5.05. The Kier molecular flexibility index (Phi) is 2.73. The quantitative estimate of drug-likeness (QED) is 0.763. The first-order valence-electron chi connectivity index (χ1n) is 5.40. The topological polar surface area (TPSA) is 75.2 Å². The maximum atomic E-state index is 11.6. The number of rotatable bonds is 1. The largest absolute Gasteiger partial charge is 0.493 e. The van der Waals surface area contributed by atoms with Crippen LogP contribution in [0.2, 0.25) is 0 Å². The van der Waals surface area contributed by atoms with Crippen molar-refractivity contribution < 1.29 is 9.84 Å². The molecule has 1 aromatic carbocycles. The number of nitrogens with zero attached hydrogens (tertiary/aromatic N) is 1. The normalized spacial score (nSPS) is 13.2. The summed E-state index contributed by atoms with van der Waals surface area (Å²) in [5, 5.41) is 9.57. The minimum absolute atomic E-state index is 0.195. The molecule has 0 aliphatic carbocycles. The Hall–Kier alpha value is -1.57. The first kappa shape index (κ1) is 11.5. The van der Waals surface area contributed by atoms with Gasteiger partial charge in [0.25, 0.3) is 5.56 Å². The highest BCUT2D eigenvalue weighted by atomic mass is 127. The number of aromatic nitrogens is 2. The zero-order valence-electron chi connectivity index (χ0n) is 9.24. The molecule has 0 atom stereocenters. The minimum Gasteiger partial charge on any atom is -0.493 e. The molecule has 2 aromatic rings.